The molecule has 2 aliphatic heterocycles. The Balaban J connectivity index is 1.63. The number of nitrogens with zero attached hydrogens (tertiary/aromatic N) is 3. The first-order valence-electron chi connectivity index (χ1n) is 11.7. The number of piperidine rings is 2. The molecule has 168 valence electrons. The van der Waals surface area contributed by atoms with Crippen LogP contribution in [0.25, 0.3) is 0 Å². The Bertz CT molecular complexity index is 663. The molecule has 2 fully saturated rings. The summed E-state index contributed by atoms with van der Waals surface area (Å²) in [6, 6.07) is 8.24. The lowest BCUT2D eigenvalue weighted by Crippen LogP contribution is -2.58. The number of hydrogen-bond donors (Lipinski definition) is 2. The first kappa shape index (κ1) is 22.9. The number of methoxy groups -OCH3 is 1. The largest absolute Gasteiger partial charge is 0.496 e. The van der Waals surface area contributed by atoms with Crippen molar-refractivity contribution < 1.29 is 4.74 Å². The van der Waals surface area contributed by atoms with E-state index in [0.29, 0.717) is 0 Å². The average Bonchev–Trinajstić information content (AvgIpc) is 2.79. The van der Waals surface area contributed by atoms with Crippen molar-refractivity contribution in [2.75, 3.05) is 60.0 Å². The topological polar surface area (TPSA) is 52.1 Å². The van der Waals surface area contributed by atoms with Crippen molar-refractivity contribution in [3.05, 3.63) is 29.8 Å². The van der Waals surface area contributed by atoms with Gasteiger partial charge in [0, 0.05) is 18.6 Å². The molecule has 2 aliphatic rings. The molecule has 0 amide bonds. The molecule has 0 saturated carbocycles. The van der Waals surface area contributed by atoms with Gasteiger partial charge in [-0.3, -0.25) is 9.89 Å². The van der Waals surface area contributed by atoms with E-state index in [9.17, 15) is 0 Å². The number of guanidine groups is 1. The Morgan fingerprint density at radius 2 is 1.80 bits per heavy atom. The molecular weight excluding hydrogens is 374 g/mol. The quantitative estimate of drug-likeness (QED) is 0.505. The van der Waals surface area contributed by atoms with Crippen LogP contribution in [0.5, 0.6) is 5.75 Å². The van der Waals surface area contributed by atoms with Gasteiger partial charge in [-0.15, -0.1) is 0 Å². The third-order valence-electron chi connectivity index (χ3n) is 6.70. The van der Waals surface area contributed by atoms with E-state index >= 15 is 0 Å². The molecule has 3 rings (SSSR count). The maximum Gasteiger partial charge on any atom is 0.191 e. The summed E-state index contributed by atoms with van der Waals surface area (Å²) < 4.78 is 5.48. The minimum atomic E-state index is 0.220. The number of rotatable bonds is 8. The number of benzene rings is 1. The molecule has 2 heterocycles. The molecule has 2 N–H and O–H groups in total. The van der Waals surface area contributed by atoms with Crippen LogP contribution in [0.2, 0.25) is 0 Å². The first-order valence-corrected chi connectivity index (χ1v) is 11.7. The lowest BCUT2D eigenvalue weighted by atomic mass is 9.84. The Labute approximate surface area is 183 Å². The maximum atomic E-state index is 5.48. The summed E-state index contributed by atoms with van der Waals surface area (Å²) in [6.45, 7) is 9.53. The summed E-state index contributed by atoms with van der Waals surface area (Å²) in [7, 11) is 3.98. The van der Waals surface area contributed by atoms with Crippen LogP contribution >= 0.6 is 0 Å². The van der Waals surface area contributed by atoms with Gasteiger partial charge >= 0.3 is 0 Å². The summed E-state index contributed by atoms with van der Waals surface area (Å²) in [6.07, 6.45) is 7.39. The second-order valence-electron chi connectivity index (χ2n) is 8.76. The SMILES string of the molecule is CCNC(=NCC1(N2CCCCC2)CCN(C)CC1)NCCc1ccccc1OC. The van der Waals surface area contributed by atoms with E-state index in [1.807, 2.05) is 12.1 Å². The zero-order valence-electron chi connectivity index (χ0n) is 19.3. The molecular formula is C24H41N5O. The zero-order chi connectivity index (χ0) is 21.2. The van der Waals surface area contributed by atoms with Crippen LogP contribution in [0.1, 0.15) is 44.6 Å². The summed E-state index contributed by atoms with van der Waals surface area (Å²) in [4.78, 5) is 10.3. The highest BCUT2D eigenvalue weighted by molar-refractivity contribution is 5.79. The molecule has 1 aromatic carbocycles. The van der Waals surface area contributed by atoms with Crippen molar-refractivity contribution in [1.29, 1.82) is 0 Å². The van der Waals surface area contributed by atoms with Gasteiger partial charge in [-0.1, -0.05) is 24.6 Å². The normalized spacial score (nSPS) is 20.7. The Morgan fingerprint density at radius 3 is 2.50 bits per heavy atom. The fraction of sp³-hybridized carbons (Fsp3) is 0.708. The van der Waals surface area contributed by atoms with Crippen LogP contribution in [0.3, 0.4) is 0 Å². The van der Waals surface area contributed by atoms with Gasteiger partial charge in [-0.25, -0.2) is 0 Å². The van der Waals surface area contributed by atoms with Crippen LogP contribution < -0.4 is 15.4 Å². The average molecular weight is 416 g/mol. The highest BCUT2D eigenvalue weighted by Crippen LogP contribution is 2.31. The van der Waals surface area contributed by atoms with Crippen molar-refractivity contribution in [3.63, 3.8) is 0 Å². The van der Waals surface area contributed by atoms with Crippen LogP contribution in [0, 0.1) is 0 Å². The molecule has 6 nitrogen and oxygen atoms in total. The van der Waals surface area contributed by atoms with Gasteiger partial charge < -0.3 is 20.3 Å². The molecule has 0 aliphatic carbocycles. The standard InChI is InChI=1S/C24H41N5O/c1-4-25-23(26-15-12-21-10-6-7-11-22(21)30-3)27-20-24(13-18-28(2)19-14-24)29-16-8-5-9-17-29/h6-7,10-11H,4-5,8-9,12-20H2,1-3H3,(H2,25,26,27). The van der Waals surface area contributed by atoms with Gasteiger partial charge in [0.2, 0.25) is 0 Å². The van der Waals surface area contributed by atoms with Gasteiger partial charge in [-0.05, 0) is 83.9 Å². The van der Waals surface area contributed by atoms with E-state index in [-0.39, 0.29) is 5.54 Å². The monoisotopic (exact) mass is 415 g/mol. The van der Waals surface area contributed by atoms with Crippen molar-refractivity contribution in [1.82, 2.24) is 20.4 Å². The van der Waals surface area contributed by atoms with Gasteiger partial charge in [0.15, 0.2) is 5.96 Å². The molecule has 1 aromatic rings. The fourth-order valence-corrected chi connectivity index (χ4v) is 4.77. The van der Waals surface area contributed by atoms with Crippen LogP contribution in [-0.2, 0) is 6.42 Å². The van der Waals surface area contributed by atoms with Gasteiger partial charge in [-0.2, -0.15) is 0 Å². The predicted octanol–water partition coefficient (Wildman–Crippen LogP) is 2.74. The molecule has 0 aromatic heterocycles. The smallest absolute Gasteiger partial charge is 0.191 e. The lowest BCUT2D eigenvalue weighted by Gasteiger charge is -2.49. The summed E-state index contributed by atoms with van der Waals surface area (Å²) in [5, 5.41) is 6.99. The molecule has 0 bridgehead atoms. The third kappa shape index (κ3) is 6.11. The molecule has 2 saturated heterocycles. The van der Waals surface area contributed by atoms with E-state index in [0.717, 1.165) is 37.8 Å². The number of likely N-dealkylation sites (tertiary alicyclic amines) is 2. The lowest BCUT2D eigenvalue weighted by molar-refractivity contribution is 0.0208. The molecule has 0 unspecified atom stereocenters. The number of ether oxygens (including phenoxy) is 1. The van der Waals surface area contributed by atoms with Crippen molar-refractivity contribution in [3.8, 4) is 5.75 Å². The Hall–Kier alpha value is -1.79. The van der Waals surface area contributed by atoms with Crippen LogP contribution in [-0.4, -0.2) is 81.3 Å². The predicted molar refractivity (Wildman–Crippen MR) is 126 cm³/mol. The second kappa shape index (κ2) is 11.6. The third-order valence-corrected chi connectivity index (χ3v) is 6.70. The van der Waals surface area contributed by atoms with E-state index in [2.05, 4.69) is 46.5 Å². The van der Waals surface area contributed by atoms with Crippen molar-refractivity contribution in [2.24, 2.45) is 4.99 Å². The van der Waals surface area contributed by atoms with E-state index in [1.165, 1.54) is 63.8 Å². The fourth-order valence-electron chi connectivity index (χ4n) is 4.77. The highest BCUT2D eigenvalue weighted by atomic mass is 16.5. The maximum absolute atomic E-state index is 5.48. The highest BCUT2D eigenvalue weighted by Gasteiger charge is 2.39. The summed E-state index contributed by atoms with van der Waals surface area (Å²) in [5.74, 6) is 1.89. The Morgan fingerprint density at radius 1 is 1.07 bits per heavy atom. The zero-order valence-corrected chi connectivity index (χ0v) is 19.3. The van der Waals surface area contributed by atoms with Crippen LogP contribution in [0.4, 0.5) is 0 Å². The molecule has 0 spiro atoms. The Kier molecular flexibility index (Phi) is 8.82. The minimum absolute atomic E-state index is 0.220. The first-order chi connectivity index (χ1) is 14.7. The number of hydrogen-bond acceptors (Lipinski definition) is 4. The summed E-state index contributed by atoms with van der Waals surface area (Å²) in [5.41, 5.74) is 1.45. The van der Waals surface area contributed by atoms with Gasteiger partial charge in [0.25, 0.3) is 0 Å². The molecule has 6 heteroatoms. The van der Waals surface area contributed by atoms with E-state index in [1.54, 1.807) is 7.11 Å². The van der Waals surface area contributed by atoms with Crippen LogP contribution in [0.15, 0.2) is 29.3 Å². The van der Waals surface area contributed by atoms with E-state index in [4.69, 9.17) is 9.73 Å². The number of para-hydroxylation sites is 1. The summed E-state index contributed by atoms with van der Waals surface area (Å²) >= 11 is 0. The number of aliphatic imine (C=N–C) groups is 1. The van der Waals surface area contributed by atoms with Crippen molar-refractivity contribution >= 4 is 5.96 Å². The van der Waals surface area contributed by atoms with Gasteiger partial charge in [0.05, 0.1) is 13.7 Å². The van der Waals surface area contributed by atoms with Crippen molar-refractivity contribution in [2.45, 2.75) is 51.0 Å². The number of nitrogens with one attached hydrogen (secondary N) is 2. The van der Waals surface area contributed by atoms with Gasteiger partial charge in [0.1, 0.15) is 5.75 Å². The second-order valence-corrected chi connectivity index (χ2v) is 8.76. The minimum Gasteiger partial charge on any atom is -0.496 e. The molecule has 0 atom stereocenters. The molecule has 30 heavy (non-hydrogen) atoms. The van der Waals surface area contributed by atoms with E-state index < -0.39 is 0 Å². The molecule has 0 radical (unpaired) electrons.